The molecule has 0 aromatic heterocycles. The first-order valence-corrected chi connectivity index (χ1v) is 6.57. The minimum atomic E-state index is -0.0184. The summed E-state index contributed by atoms with van der Waals surface area (Å²) in [5.74, 6) is 0.161. The number of carbonyl (C=O) groups excluding carboxylic acids is 1. The molecule has 2 atom stereocenters. The lowest BCUT2D eigenvalue weighted by atomic mass is 9.93. The van der Waals surface area contributed by atoms with Gasteiger partial charge in [0.05, 0.1) is 11.6 Å². The summed E-state index contributed by atoms with van der Waals surface area (Å²) < 4.78 is 0. The molecule has 19 heavy (non-hydrogen) atoms. The Balaban J connectivity index is 2.15. The number of hydrogen-bond donors (Lipinski definition) is 1. The quantitative estimate of drug-likeness (QED) is 0.879. The van der Waals surface area contributed by atoms with E-state index in [0.717, 1.165) is 12.8 Å². The van der Waals surface area contributed by atoms with E-state index in [-0.39, 0.29) is 24.5 Å². The lowest BCUT2D eigenvalue weighted by molar-refractivity contribution is 0.0489. The predicted molar refractivity (Wildman–Crippen MR) is 71.5 cm³/mol. The fourth-order valence-corrected chi connectivity index (χ4v) is 2.47. The molecule has 1 aliphatic rings. The molecule has 2 rings (SSSR count). The molecule has 0 saturated carbocycles. The molecule has 0 radical (unpaired) electrons. The summed E-state index contributed by atoms with van der Waals surface area (Å²) in [5, 5.41) is 18.0. The number of rotatable bonds is 2. The fourth-order valence-electron chi connectivity index (χ4n) is 2.47. The van der Waals surface area contributed by atoms with E-state index >= 15 is 0 Å². The van der Waals surface area contributed by atoms with E-state index in [1.54, 1.807) is 24.3 Å². The van der Waals surface area contributed by atoms with Crippen molar-refractivity contribution >= 4 is 5.91 Å². The molecule has 1 aromatic rings. The van der Waals surface area contributed by atoms with Crippen molar-refractivity contribution in [1.82, 2.24) is 4.90 Å². The van der Waals surface area contributed by atoms with E-state index in [2.05, 4.69) is 0 Å². The topological polar surface area (TPSA) is 64.3 Å². The third-order valence-corrected chi connectivity index (χ3v) is 3.76. The van der Waals surface area contributed by atoms with E-state index in [1.165, 1.54) is 0 Å². The minimum absolute atomic E-state index is 0.0184. The highest BCUT2D eigenvalue weighted by molar-refractivity contribution is 5.94. The van der Waals surface area contributed by atoms with Gasteiger partial charge in [-0.15, -0.1) is 0 Å². The van der Waals surface area contributed by atoms with Crippen LogP contribution in [0.1, 0.15) is 35.7 Å². The molecule has 1 amide bonds. The molecule has 0 spiro atoms. The zero-order chi connectivity index (χ0) is 13.8. The monoisotopic (exact) mass is 258 g/mol. The van der Waals surface area contributed by atoms with Gasteiger partial charge in [0.2, 0.25) is 0 Å². The molecule has 1 saturated heterocycles. The molecular weight excluding hydrogens is 240 g/mol. The Bertz CT molecular complexity index is 490. The first-order valence-electron chi connectivity index (χ1n) is 6.57. The van der Waals surface area contributed by atoms with Crippen LogP contribution in [0.3, 0.4) is 0 Å². The van der Waals surface area contributed by atoms with Crippen molar-refractivity contribution in [3.05, 3.63) is 35.4 Å². The highest BCUT2D eigenvalue weighted by Crippen LogP contribution is 2.23. The Morgan fingerprint density at radius 2 is 2.11 bits per heavy atom. The summed E-state index contributed by atoms with van der Waals surface area (Å²) in [7, 11) is 0. The second-order valence-corrected chi connectivity index (χ2v) is 5.12. The molecule has 4 heteroatoms. The Morgan fingerprint density at radius 1 is 1.42 bits per heavy atom. The van der Waals surface area contributed by atoms with E-state index in [0.29, 0.717) is 17.7 Å². The predicted octanol–water partition coefficient (Wildman–Crippen LogP) is 1.79. The number of likely N-dealkylation sites (tertiary alicyclic amines) is 1. The smallest absolute Gasteiger partial charge is 0.254 e. The molecule has 0 aliphatic carbocycles. The number of amides is 1. The van der Waals surface area contributed by atoms with Gasteiger partial charge in [0.25, 0.3) is 5.91 Å². The first-order chi connectivity index (χ1) is 9.15. The largest absolute Gasteiger partial charge is 0.396 e. The number of carbonyl (C=O) groups is 1. The van der Waals surface area contributed by atoms with Gasteiger partial charge in [-0.3, -0.25) is 4.79 Å². The number of aliphatic hydroxyl groups excluding tert-OH is 1. The van der Waals surface area contributed by atoms with Gasteiger partial charge in [-0.2, -0.15) is 5.26 Å². The van der Waals surface area contributed by atoms with Crippen molar-refractivity contribution in [2.75, 3.05) is 13.2 Å². The lowest BCUT2D eigenvalue weighted by Gasteiger charge is -2.37. The van der Waals surface area contributed by atoms with Gasteiger partial charge in [0.1, 0.15) is 0 Å². The van der Waals surface area contributed by atoms with Crippen molar-refractivity contribution in [1.29, 1.82) is 5.26 Å². The zero-order valence-corrected chi connectivity index (χ0v) is 11.0. The van der Waals surface area contributed by atoms with Gasteiger partial charge in [-0.25, -0.2) is 0 Å². The van der Waals surface area contributed by atoms with Crippen LogP contribution in [-0.4, -0.2) is 35.1 Å². The number of nitrogens with zero attached hydrogens (tertiary/aromatic N) is 2. The van der Waals surface area contributed by atoms with Crippen LogP contribution in [0.15, 0.2) is 24.3 Å². The zero-order valence-electron chi connectivity index (χ0n) is 11.0. The lowest BCUT2D eigenvalue weighted by Crippen LogP contribution is -2.46. The molecule has 4 nitrogen and oxygen atoms in total. The average molecular weight is 258 g/mol. The molecule has 1 aromatic carbocycles. The fraction of sp³-hybridized carbons (Fsp3) is 0.467. The second-order valence-electron chi connectivity index (χ2n) is 5.12. The van der Waals surface area contributed by atoms with Gasteiger partial charge in [0.15, 0.2) is 0 Å². The average Bonchev–Trinajstić information content (AvgIpc) is 2.47. The second kappa shape index (κ2) is 5.85. The highest BCUT2D eigenvalue weighted by atomic mass is 16.3. The maximum atomic E-state index is 12.4. The van der Waals surface area contributed by atoms with Crippen molar-refractivity contribution in [3.8, 4) is 6.07 Å². The Hall–Kier alpha value is -1.86. The van der Waals surface area contributed by atoms with Gasteiger partial charge in [-0.05, 0) is 49.9 Å². The molecule has 100 valence electrons. The Labute approximate surface area is 113 Å². The molecule has 1 aliphatic heterocycles. The maximum absolute atomic E-state index is 12.4. The summed E-state index contributed by atoms with van der Waals surface area (Å²) in [6, 6.07) is 8.94. The van der Waals surface area contributed by atoms with Crippen molar-refractivity contribution in [2.45, 2.75) is 25.8 Å². The molecule has 1 fully saturated rings. The Kier molecular flexibility index (Phi) is 4.18. The van der Waals surface area contributed by atoms with Crippen molar-refractivity contribution in [2.24, 2.45) is 5.92 Å². The summed E-state index contributed by atoms with van der Waals surface area (Å²) >= 11 is 0. The number of piperidine rings is 1. The van der Waals surface area contributed by atoms with Crippen LogP contribution in [0.5, 0.6) is 0 Å². The summed E-state index contributed by atoms with van der Waals surface area (Å²) in [6.45, 7) is 2.77. The highest BCUT2D eigenvalue weighted by Gasteiger charge is 2.29. The third kappa shape index (κ3) is 2.94. The van der Waals surface area contributed by atoms with Crippen LogP contribution >= 0.6 is 0 Å². The van der Waals surface area contributed by atoms with Crippen LogP contribution in [0.2, 0.25) is 0 Å². The normalized spacial score (nSPS) is 22.9. The number of nitriles is 1. The summed E-state index contributed by atoms with van der Waals surface area (Å²) in [6.07, 6.45) is 1.89. The van der Waals surface area contributed by atoms with Crippen LogP contribution in [-0.2, 0) is 0 Å². The molecule has 2 unspecified atom stereocenters. The van der Waals surface area contributed by atoms with Gasteiger partial charge in [-0.1, -0.05) is 0 Å². The van der Waals surface area contributed by atoms with Crippen LogP contribution in [0.25, 0.3) is 0 Å². The van der Waals surface area contributed by atoms with Crippen LogP contribution in [0, 0.1) is 17.2 Å². The van der Waals surface area contributed by atoms with Gasteiger partial charge < -0.3 is 10.0 Å². The van der Waals surface area contributed by atoms with Crippen molar-refractivity contribution in [3.63, 3.8) is 0 Å². The number of aliphatic hydroxyl groups is 1. The summed E-state index contributed by atoms with van der Waals surface area (Å²) in [4.78, 5) is 14.3. The Morgan fingerprint density at radius 3 is 2.68 bits per heavy atom. The summed E-state index contributed by atoms with van der Waals surface area (Å²) in [5.41, 5.74) is 1.15. The van der Waals surface area contributed by atoms with Gasteiger partial charge in [0, 0.05) is 24.8 Å². The number of benzene rings is 1. The molecule has 0 bridgehead atoms. The van der Waals surface area contributed by atoms with E-state index in [4.69, 9.17) is 5.26 Å². The van der Waals surface area contributed by atoms with E-state index in [9.17, 15) is 9.90 Å². The van der Waals surface area contributed by atoms with Gasteiger partial charge >= 0.3 is 0 Å². The molecule has 1 N–H and O–H groups in total. The van der Waals surface area contributed by atoms with Crippen LogP contribution < -0.4 is 0 Å². The van der Waals surface area contributed by atoms with Crippen LogP contribution in [0.4, 0.5) is 0 Å². The maximum Gasteiger partial charge on any atom is 0.254 e. The van der Waals surface area contributed by atoms with E-state index in [1.807, 2.05) is 17.9 Å². The molecular formula is C15H18N2O2. The number of hydrogen-bond acceptors (Lipinski definition) is 3. The third-order valence-electron chi connectivity index (χ3n) is 3.76. The SMILES string of the molecule is CC1CCC(CO)CN1C(=O)c1ccc(C#N)cc1. The standard InChI is InChI=1S/C15H18N2O2/c1-11-2-3-13(10-18)9-17(11)15(19)14-6-4-12(8-16)5-7-14/h4-7,11,13,18H,2-3,9-10H2,1H3. The van der Waals surface area contributed by atoms with E-state index < -0.39 is 0 Å². The van der Waals surface area contributed by atoms with Crippen molar-refractivity contribution < 1.29 is 9.90 Å². The first kappa shape index (κ1) is 13.6. The minimum Gasteiger partial charge on any atom is -0.396 e. The molecule has 1 heterocycles.